The molecule has 0 N–H and O–H groups in total. The maximum absolute atomic E-state index is 5.26. The lowest BCUT2D eigenvalue weighted by molar-refractivity contribution is 0.153. The van der Waals surface area contributed by atoms with E-state index in [2.05, 4.69) is 12.2 Å². The van der Waals surface area contributed by atoms with Gasteiger partial charge in [0.15, 0.2) is 0 Å². The van der Waals surface area contributed by atoms with Gasteiger partial charge >= 0.3 is 0 Å². The maximum Gasteiger partial charge on any atom is 0.0647 e. The van der Waals surface area contributed by atoms with Crippen molar-refractivity contribution in [3.63, 3.8) is 0 Å². The monoisotopic (exact) mass is 110 g/mol. The third kappa shape index (κ3) is 0.671. The first-order valence-corrected chi connectivity index (χ1v) is 3.21. The highest BCUT2D eigenvalue weighted by atomic mass is 16.5. The normalized spacial score (nSPS) is 43.0. The number of hydrogen-bond acceptors (Lipinski definition) is 1. The first kappa shape index (κ1) is 4.57. The molecule has 8 heavy (non-hydrogen) atoms. The van der Waals surface area contributed by atoms with Crippen LogP contribution in [-0.2, 0) is 4.74 Å². The first-order chi connectivity index (χ1) is 3.97. The lowest BCUT2D eigenvalue weighted by atomic mass is 10.3. The van der Waals surface area contributed by atoms with Crippen molar-refractivity contribution in [2.45, 2.75) is 6.42 Å². The number of hydrogen-bond donors (Lipinski definition) is 0. The van der Waals surface area contributed by atoms with Gasteiger partial charge in [0.25, 0.3) is 0 Å². The van der Waals surface area contributed by atoms with E-state index in [0.717, 1.165) is 25.0 Å². The highest BCUT2D eigenvalue weighted by Crippen LogP contribution is 2.40. The molecule has 0 bridgehead atoms. The van der Waals surface area contributed by atoms with Gasteiger partial charge in [0.05, 0.1) is 13.2 Å². The molecule has 0 aromatic rings. The van der Waals surface area contributed by atoms with Gasteiger partial charge < -0.3 is 4.74 Å². The number of ether oxygens (including phenoxy) is 1. The van der Waals surface area contributed by atoms with Crippen molar-refractivity contribution in [1.29, 1.82) is 0 Å². The molecule has 1 aliphatic carbocycles. The Morgan fingerprint density at radius 3 is 3.50 bits per heavy atom. The van der Waals surface area contributed by atoms with Gasteiger partial charge in [-0.05, 0) is 18.3 Å². The van der Waals surface area contributed by atoms with Crippen LogP contribution in [-0.4, -0.2) is 13.2 Å². The van der Waals surface area contributed by atoms with Gasteiger partial charge in [-0.15, -0.1) is 0 Å². The predicted octanol–water partition coefficient (Wildman–Crippen LogP) is 1.21. The van der Waals surface area contributed by atoms with E-state index < -0.39 is 0 Å². The summed E-state index contributed by atoms with van der Waals surface area (Å²) in [5.41, 5.74) is 0. The molecular weight excluding hydrogens is 100 g/mol. The van der Waals surface area contributed by atoms with Crippen molar-refractivity contribution in [3.8, 4) is 0 Å². The Bertz CT molecular complexity index is 118. The molecule has 1 heterocycles. The molecule has 0 radical (unpaired) electrons. The summed E-state index contributed by atoms with van der Waals surface area (Å²) in [6.45, 7) is 1.84. The number of rotatable bonds is 0. The number of fused-ring (bicyclic) bond motifs is 1. The van der Waals surface area contributed by atoms with Crippen LogP contribution in [0.3, 0.4) is 0 Å². The summed E-state index contributed by atoms with van der Waals surface area (Å²) in [5, 5.41) is 0. The zero-order valence-corrected chi connectivity index (χ0v) is 4.84. The SMILES string of the molecule is C1=CC2CC2COC1. The van der Waals surface area contributed by atoms with E-state index in [1.54, 1.807) is 0 Å². The minimum atomic E-state index is 0.840. The maximum atomic E-state index is 5.26. The highest BCUT2D eigenvalue weighted by Gasteiger charge is 2.35. The van der Waals surface area contributed by atoms with Gasteiger partial charge in [0.2, 0.25) is 0 Å². The fourth-order valence-corrected chi connectivity index (χ4v) is 1.22. The molecule has 1 nitrogen and oxygen atoms in total. The molecule has 1 heteroatoms. The van der Waals surface area contributed by atoms with Gasteiger partial charge in [-0.1, -0.05) is 12.2 Å². The predicted molar refractivity (Wildman–Crippen MR) is 31.6 cm³/mol. The van der Waals surface area contributed by atoms with Crippen LogP contribution < -0.4 is 0 Å². The zero-order chi connectivity index (χ0) is 5.40. The van der Waals surface area contributed by atoms with E-state index in [1.807, 2.05) is 0 Å². The third-order valence-electron chi connectivity index (χ3n) is 1.91. The summed E-state index contributed by atoms with van der Waals surface area (Å²) in [6, 6.07) is 0. The van der Waals surface area contributed by atoms with Gasteiger partial charge in [-0.2, -0.15) is 0 Å². The average Bonchev–Trinajstić information content (AvgIpc) is 2.36. The van der Waals surface area contributed by atoms with Crippen LogP contribution in [0.1, 0.15) is 6.42 Å². The molecule has 1 fully saturated rings. The molecule has 0 aromatic carbocycles. The quantitative estimate of drug-likeness (QED) is 0.426. The Balaban J connectivity index is 2.03. The smallest absolute Gasteiger partial charge is 0.0647 e. The number of allylic oxidation sites excluding steroid dienone is 1. The van der Waals surface area contributed by atoms with E-state index in [-0.39, 0.29) is 0 Å². The summed E-state index contributed by atoms with van der Waals surface area (Å²) < 4.78 is 5.26. The van der Waals surface area contributed by atoms with Crippen molar-refractivity contribution in [2.75, 3.05) is 13.2 Å². The second-order valence-corrected chi connectivity index (χ2v) is 2.63. The Morgan fingerprint density at radius 2 is 2.50 bits per heavy atom. The summed E-state index contributed by atoms with van der Waals surface area (Å²) >= 11 is 0. The summed E-state index contributed by atoms with van der Waals surface area (Å²) in [5.74, 6) is 1.77. The molecule has 2 atom stereocenters. The van der Waals surface area contributed by atoms with Gasteiger partial charge in [0, 0.05) is 0 Å². The van der Waals surface area contributed by atoms with Crippen LogP contribution >= 0.6 is 0 Å². The van der Waals surface area contributed by atoms with Crippen LogP contribution in [0.25, 0.3) is 0 Å². The Kier molecular flexibility index (Phi) is 0.908. The van der Waals surface area contributed by atoms with E-state index in [4.69, 9.17) is 4.74 Å². The van der Waals surface area contributed by atoms with E-state index in [0.29, 0.717) is 0 Å². The molecule has 0 saturated heterocycles. The van der Waals surface area contributed by atoms with Crippen molar-refractivity contribution >= 4 is 0 Å². The van der Waals surface area contributed by atoms with E-state index in [9.17, 15) is 0 Å². The minimum absolute atomic E-state index is 0.840. The largest absolute Gasteiger partial charge is 0.377 e. The molecule has 0 spiro atoms. The summed E-state index contributed by atoms with van der Waals surface area (Å²) in [4.78, 5) is 0. The molecule has 0 aromatic heterocycles. The van der Waals surface area contributed by atoms with Crippen LogP contribution in [0.2, 0.25) is 0 Å². The summed E-state index contributed by atoms with van der Waals surface area (Å²) in [6.07, 6.45) is 5.80. The molecule has 1 aliphatic heterocycles. The fourth-order valence-electron chi connectivity index (χ4n) is 1.22. The molecule has 1 saturated carbocycles. The van der Waals surface area contributed by atoms with Gasteiger partial charge in [-0.3, -0.25) is 0 Å². The molecule has 2 aliphatic rings. The third-order valence-corrected chi connectivity index (χ3v) is 1.91. The lowest BCUT2D eigenvalue weighted by Gasteiger charge is -1.93. The standard InChI is InChI=1S/C7H10O/c1-2-6-4-7(6)5-8-3-1/h1-2,6-7H,3-5H2. The van der Waals surface area contributed by atoms with Crippen LogP contribution in [0, 0.1) is 11.8 Å². The van der Waals surface area contributed by atoms with Gasteiger partial charge in [-0.25, -0.2) is 0 Å². The molecule has 2 unspecified atom stereocenters. The Morgan fingerprint density at radius 1 is 1.50 bits per heavy atom. The molecule has 0 amide bonds. The topological polar surface area (TPSA) is 9.23 Å². The lowest BCUT2D eigenvalue weighted by Crippen LogP contribution is -1.93. The average molecular weight is 110 g/mol. The fraction of sp³-hybridized carbons (Fsp3) is 0.714. The van der Waals surface area contributed by atoms with E-state index >= 15 is 0 Å². The van der Waals surface area contributed by atoms with Crippen molar-refractivity contribution < 1.29 is 4.74 Å². The molecule has 44 valence electrons. The summed E-state index contributed by atoms with van der Waals surface area (Å²) in [7, 11) is 0. The zero-order valence-electron chi connectivity index (χ0n) is 4.84. The second kappa shape index (κ2) is 1.59. The minimum Gasteiger partial charge on any atom is -0.377 e. The van der Waals surface area contributed by atoms with E-state index in [1.165, 1.54) is 6.42 Å². The van der Waals surface area contributed by atoms with Crippen LogP contribution in [0.4, 0.5) is 0 Å². The van der Waals surface area contributed by atoms with Crippen LogP contribution in [0.5, 0.6) is 0 Å². The van der Waals surface area contributed by atoms with Crippen molar-refractivity contribution in [1.82, 2.24) is 0 Å². The Labute approximate surface area is 49.3 Å². The van der Waals surface area contributed by atoms with Gasteiger partial charge in [0.1, 0.15) is 0 Å². The Hall–Kier alpha value is -0.300. The van der Waals surface area contributed by atoms with Crippen LogP contribution in [0.15, 0.2) is 12.2 Å². The highest BCUT2D eigenvalue weighted by molar-refractivity contribution is 5.03. The van der Waals surface area contributed by atoms with Crippen molar-refractivity contribution in [3.05, 3.63) is 12.2 Å². The second-order valence-electron chi connectivity index (χ2n) is 2.63. The first-order valence-electron chi connectivity index (χ1n) is 3.21. The molecule has 2 rings (SSSR count). The molecular formula is C7H10O. The van der Waals surface area contributed by atoms with Crippen molar-refractivity contribution in [2.24, 2.45) is 11.8 Å².